The van der Waals surface area contributed by atoms with Crippen LogP contribution in [0.25, 0.3) is 0 Å². The molecule has 0 radical (unpaired) electrons. The lowest BCUT2D eigenvalue weighted by atomic mass is 9.55. The van der Waals surface area contributed by atoms with Gasteiger partial charge in [0.05, 0.1) is 12.7 Å². The standard InChI is InChI=1S/C15H27N3O/c1-12-10-18(8-9-19-12)14(16)17-11-15(6-3-7-15)13-4-2-5-13/h12-13H,2-11H2,1H3,(H2,16,17). The molecule has 0 aromatic heterocycles. The van der Waals surface area contributed by atoms with Gasteiger partial charge in [0.1, 0.15) is 0 Å². The highest BCUT2D eigenvalue weighted by atomic mass is 16.5. The number of nitrogens with zero attached hydrogens (tertiary/aromatic N) is 2. The average Bonchev–Trinajstić information content (AvgIpc) is 2.29. The Hall–Kier alpha value is -0.770. The smallest absolute Gasteiger partial charge is 0.191 e. The van der Waals surface area contributed by atoms with Crippen molar-refractivity contribution >= 4 is 5.96 Å². The highest BCUT2D eigenvalue weighted by Gasteiger charge is 2.46. The van der Waals surface area contributed by atoms with Crippen molar-refractivity contribution in [1.29, 1.82) is 0 Å². The third-order valence-corrected chi connectivity index (χ3v) is 5.44. The van der Waals surface area contributed by atoms with Crippen LogP contribution >= 0.6 is 0 Å². The van der Waals surface area contributed by atoms with Crippen molar-refractivity contribution in [2.75, 3.05) is 26.2 Å². The van der Waals surface area contributed by atoms with Gasteiger partial charge in [0.25, 0.3) is 0 Å². The van der Waals surface area contributed by atoms with Crippen LogP contribution in [-0.2, 0) is 4.74 Å². The maximum absolute atomic E-state index is 6.18. The lowest BCUT2D eigenvalue weighted by molar-refractivity contribution is 0.00273. The Kier molecular flexibility index (Phi) is 3.70. The van der Waals surface area contributed by atoms with E-state index in [2.05, 4.69) is 11.8 Å². The molecule has 3 fully saturated rings. The summed E-state index contributed by atoms with van der Waals surface area (Å²) in [6.07, 6.45) is 8.66. The number of guanidine groups is 1. The summed E-state index contributed by atoms with van der Waals surface area (Å²) in [7, 11) is 0. The van der Waals surface area contributed by atoms with Crippen molar-refractivity contribution in [3.63, 3.8) is 0 Å². The van der Waals surface area contributed by atoms with Gasteiger partial charge in [-0.25, -0.2) is 0 Å². The maximum Gasteiger partial charge on any atom is 0.191 e. The number of aliphatic imine (C=N–C) groups is 1. The Morgan fingerprint density at radius 1 is 1.37 bits per heavy atom. The molecule has 2 aliphatic carbocycles. The van der Waals surface area contributed by atoms with Gasteiger partial charge in [0.15, 0.2) is 5.96 Å². The van der Waals surface area contributed by atoms with E-state index in [1.54, 1.807) is 0 Å². The van der Waals surface area contributed by atoms with E-state index in [4.69, 9.17) is 15.5 Å². The summed E-state index contributed by atoms with van der Waals surface area (Å²) >= 11 is 0. The second-order valence-electron chi connectivity index (χ2n) is 6.65. The maximum atomic E-state index is 6.18. The Balaban J connectivity index is 1.58. The SMILES string of the molecule is CC1CN(C(N)=NCC2(C3CCC3)CCC2)CCO1. The zero-order chi connectivity index (χ0) is 13.3. The topological polar surface area (TPSA) is 50.8 Å². The predicted molar refractivity (Wildman–Crippen MR) is 77.1 cm³/mol. The average molecular weight is 265 g/mol. The van der Waals surface area contributed by atoms with Gasteiger partial charge in [-0.3, -0.25) is 4.99 Å². The second-order valence-corrected chi connectivity index (χ2v) is 6.65. The quantitative estimate of drug-likeness (QED) is 0.627. The van der Waals surface area contributed by atoms with Gasteiger partial charge in [-0.05, 0) is 43.9 Å². The summed E-state index contributed by atoms with van der Waals surface area (Å²) < 4.78 is 5.55. The summed E-state index contributed by atoms with van der Waals surface area (Å²) in [6, 6.07) is 0. The van der Waals surface area contributed by atoms with Crippen molar-refractivity contribution in [2.45, 2.75) is 51.6 Å². The molecule has 1 heterocycles. The van der Waals surface area contributed by atoms with Crippen LogP contribution in [0.15, 0.2) is 4.99 Å². The first-order valence-electron chi connectivity index (χ1n) is 7.86. The minimum absolute atomic E-state index is 0.270. The van der Waals surface area contributed by atoms with Crippen molar-refractivity contribution in [1.82, 2.24) is 4.90 Å². The molecule has 1 atom stereocenters. The molecule has 2 saturated carbocycles. The van der Waals surface area contributed by atoms with E-state index in [-0.39, 0.29) is 6.10 Å². The van der Waals surface area contributed by atoms with Crippen molar-refractivity contribution < 1.29 is 4.74 Å². The van der Waals surface area contributed by atoms with Gasteiger partial charge in [-0.15, -0.1) is 0 Å². The predicted octanol–water partition coefficient (Wildman–Crippen LogP) is 1.99. The minimum atomic E-state index is 0.270. The molecule has 19 heavy (non-hydrogen) atoms. The van der Waals surface area contributed by atoms with Crippen LogP contribution in [-0.4, -0.2) is 43.2 Å². The minimum Gasteiger partial charge on any atom is -0.375 e. The first-order valence-corrected chi connectivity index (χ1v) is 7.86. The van der Waals surface area contributed by atoms with E-state index >= 15 is 0 Å². The van der Waals surface area contributed by atoms with E-state index in [1.165, 1.54) is 38.5 Å². The summed E-state index contributed by atoms with van der Waals surface area (Å²) in [6.45, 7) is 5.59. The molecule has 0 amide bonds. The molecule has 1 saturated heterocycles. The van der Waals surface area contributed by atoms with Crippen molar-refractivity contribution in [3.05, 3.63) is 0 Å². The van der Waals surface area contributed by atoms with Crippen LogP contribution in [0.2, 0.25) is 0 Å². The van der Waals surface area contributed by atoms with Crippen LogP contribution in [0.5, 0.6) is 0 Å². The molecule has 1 aliphatic heterocycles. The largest absolute Gasteiger partial charge is 0.375 e. The number of ether oxygens (including phenoxy) is 1. The number of hydrogen-bond donors (Lipinski definition) is 1. The first-order chi connectivity index (χ1) is 9.20. The fraction of sp³-hybridized carbons (Fsp3) is 0.933. The molecule has 4 nitrogen and oxygen atoms in total. The molecule has 108 valence electrons. The molecule has 0 bridgehead atoms. The molecule has 0 aromatic carbocycles. The fourth-order valence-electron chi connectivity index (χ4n) is 3.71. The Morgan fingerprint density at radius 3 is 2.68 bits per heavy atom. The Labute approximate surface area is 116 Å². The number of nitrogens with two attached hydrogens (primary N) is 1. The third kappa shape index (κ3) is 2.60. The molecular weight excluding hydrogens is 238 g/mol. The Bertz CT molecular complexity index is 347. The summed E-state index contributed by atoms with van der Waals surface area (Å²) in [5, 5.41) is 0. The van der Waals surface area contributed by atoms with Crippen LogP contribution in [0.3, 0.4) is 0 Å². The van der Waals surface area contributed by atoms with Gasteiger partial charge in [-0.1, -0.05) is 12.8 Å². The van der Waals surface area contributed by atoms with Gasteiger partial charge < -0.3 is 15.4 Å². The van der Waals surface area contributed by atoms with E-state index in [0.717, 1.165) is 38.1 Å². The zero-order valence-electron chi connectivity index (χ0n) is 12.1. The van der Waals surface area contributed by atoms with E-state index in [0.29, 0.717) is 5.41 Å². The molecular formula is C15H27N3O. The fourth-order valence-corrected chi connectivity index (χ4v) is 3.71. The van der Waals surface area contributed by atoms with Gasteiger partial charge in [-0.2, -0.15) is 0 Å². The summed E-state index contributed by atoms with van der Waals surface area (Å²) in [4.78, 5) is 6.93. The summed E-state index contributed by atoms with van der Waals surface area (Å²) in [5.74, 6) is 1.67. The monoisotopic (exact) mass is 265 g/mol. The summed E-state index contributed by atoms with van der Waals surface area (Å²) in [5.41, 5.74) is 6.69. The lowest BCUT2D eigenvalue weighted by Gasteiger charge is -2.51. The first kappa shape index (κ1) is 13.2. The van der Waals surface area contributed by atoms with Crippen LogP contribution < -0.4 is 5.73 Å². The van der Waals surface area contributed by atoms with Gasteiger partial charge >= 0.3 is 0 Å². The third-order valence-electron chi connectivity index (χ3n) is 5.44. The van der Waals surface area contributed by atoms with E-state index < -0.39 is 0 Å². The number of hydrogen-bond acceptors (Lipinski definition) is 2. The second kappa shape index (κ2) is 5.31. The van der Waals surface area contributed by atoms with Crippen molar-refractivity contribution in [3.8, 4) is 0 Å². The molecule has 2 N–H and O–H groups in total. The Morgan fingerprint density at radius 2 is 2.16 bits per heavy atom. The lowest BCUT2D eigenvalue weighted by Crippen LogP contribution is -2.49. The molecule has 3 rings (SSSR count). The van der Waals surface area contributed by atoms with Gasteiger partial charge in [0, 0.05) is 19.6 Å². The van der Waals surface area contributed by atoms with Crippen LogP contribution in [0.1, 0.15) is 45.4 Å². The van der Waals surface area contributed by atoms with Crippen molar-refractivity contribution in [2.24, 2.45) is 22.1 Å². The molecule has 0 aromatic rings. The highest BCUT2D eigenvalue weighted by Crippen LogP contribution is 2.54. The highest BCUT2D eigenvalue weighted by molar-refractivity contribution is 5.78. The molecule has 0 spiro atoms. The number of morpholine rings is 1. The normalized spacial score (nSPS) is 31.7. The van der Waals surface area contributed by atoms with E-state index in [9.17, 15) is 0 Å². The molecule has 1 unspecified atom stereocenters. The van der Waals surface area contributed by atoms with Gasteiger partial charge in [0.2, 0.25) is 0 Å². The van der Waals surface area contributed by atoms with E-state index in [1.807, 2.05) is 0 Å². The molecule has 4 heteroatoms. The number of rotatable bonds is 3. The van der Waals surface area contributed by atoms with Crippen LogP contribution in [0, 0.1) is 11.3 Å². The molecule has 3 aliphatic rings. The van der Waals surface area contributed by atoms with Crippen LogP contribution in [0.4, 0.5) is 0 Å². The zero-order valence-corrected chi connectivity index (χ0v) is 12.1.